The van der Waals surface area contributed by atoms with Gasteiger partial charge in [0.1, 0.15) is 0 Å². The van der Waals surface area contributed by atoms with Crippen LogP contribution in [0.1, 0.15) is 10.8 Å². The van der Waals surface area contributed by atoms with Crippen molar-refractivity contribution in [3.05, 3.63) is 70.1 Å². The van der Waals surface area contributed by atoms with Crippen LogP contribution in [0.4, 0.5) is 11.4 Å². The molecule has 0 spiro atoms. The first-order valence-electron chi connectivity index (χ1n) is 6.32. The number of rotatable bonds is 1. The molecule has 0 fully saturated rings. The second-order valence-electron chi connectivity index (χ2n) is 4.76. The Morgan fingerprint density at radius 2 is 1.68 bits per heavy atom. The van der Waals surface area contributed by atoms with E-state index in [4.69, 9.17) is 0 Å². The Bertz CT molecular complexity index is 653. The van der Waals surface area contributed by atoms with E-state index >= 15 is 0 Å². The van der Waals surface area contributed by atoms with E-state index in [9.17, 15) is 0 Å². The second-order valence-corrected chi connectivity index (χ2v) is 7.33. The molecule has 2 atom stereocenters. The summed E-state index contributed by atoms with van der Waals surface area (Å²) < 4.78 is 1.25. The Hall–Kier alpha value is -1.19. The van der Waals surface area contributed by atoms with Gasteiger partial charge in [0.15, 0.2) is 0 Å². The van der Waals surface area contributed by atoms with Crippen molar-refractivity contribution in [3.8, 4) is 0 Å². The molecule has 1 nitrogen and oxygen atoms in total. The van der Waals surface area contributed by atoms with E-state index < -0.39 is 0 Å². The average Bonchev–Trinajstić information content (AvgIpc) is 2.95. The van der Waals surface area contributed by atoms with Crippen LogP contribution in [-0.2, 0) is 0 Å². The molecule has 0 radical (unpaired) electrons. The number of benzene rings is 2. The summed E-state index contributed by atoms with van der Waals surface area (Å²) in [6, 6.07) is 19.8. The van der Waals surface area contributed by atoms with Gasteiger partial charge in [-0.3, -0.25) is 0 Å². The number of para-hydroxylation sites is 2. The summed E-state index contributed by atoms with van der Waals surface area (Å²) in [5, 5.41) is 0.505. The minimum absolute atomic E-state index is 0.416. The zero-order valence-corrected chi connectivity index (χ0v) is 12.6. The van der Waals surface area contributed by atoms with Crippen molar-refractivity contribution < 1.29 is 0 Å². The number of hydrogen-bond donors (Lipinski definition) is 0. The summed E-state index contributed by atoms with van der Waals surface area (Å²) in [5.74, 6) is 0. The van der Waals surface area contributed by atoms with Gasteiger partial charge in [-0.1, -0.05) is 36.4 Å². The molecule has 2 aliphatic rings. The van der Waals surface area contributed by atoms with Crippen LogP contribution in [-0.4, -0.2) is 6.04 Å². The Morgan fingerprint density at radius 1 is 0.947 bits per heavy atom. The molecular weight excluding hydrogens is 318 g/mol. The fraction of sp³-hybridized carbons (Fsp3) is 0.125. The van der Waals surface area contributed by atoms with E-state index in [0.29, 0.717) is 11.3 Å². The maximum absolute atomic E-state index is 3.64. The fourth-order valence-electron chi connectivity index (χ4n) is 2.92. The highest BCUT2D eigenvalue weighted by molar-refractivity contribution is 9.14. The Kier molecular flexibility index (Phi) is 2.71. The smallest absolute Gasteiger partial charge is 0.0705 e. The van der Waals surface area contributed by atoms with Crippen molar-refractivity contribution in [1.82, 2.24) is 0 Å². The molecule has 2 heterocycles. The van der Waals surface area contributed by atoms with E-state index in [1.807, 2.05) is 11.8 Å². The molecule has 3 heteroatoms. The molecule has 0 aliphatic carbocycles. The molecule has 0 aromatic heterocycles. The van der Waals surface area contributed by atoms with Crippen LogP contribution in [0.2, 0.25) is 0 Å². The zero-order valence-electron chi connectivity index (χ0n) is 10.2. The lowest BCUT2D eigenvalue weighted by molar-refractivity contribution is 0.830. The molecule has 0 saturated carbocycles. The highest BCUT2D eigenvalue weighted by Gasteiger charge is 2.41. The molecular formula is C16H12BrNS. The Labute approximate surface area is 125 Å². The van der Waals surface area contributed by atoms with Crippen LogP contribution in [0.3, 0.4) is 0 Å². The molecule has 2 unspecified atom stereocenters. The fourth-order valence-corrected chi connectivity index (χ4v) is 4.92. The van der Waals surface area contributed by atoms with Crippen molar-refractivity contribution in [1.29, 1.82) is 0 Å². The lowest BCUT2D eigenvalue weighted by Crippen LogP contribution is -2.25. The Balaban J connectivity index is 1.89. The van der Waals surface area contributed by atoms with E-state index in [0.717, 1.165) is 0 Å². The topological polar surface area (TPSA) is 3.24 Å². The van der Waals surface area contributed by atoms with Crippen LogP contribution < -0.4 is 4.90 Å². The van der Waals surface area contributed by atoms with Gasteiger partial charge in [0, 0.05) is 15.2 Å². The first-order valence-corrected chi connectivity index (χ1v) is 7.99. The predicted molar refractivity (Wildman–Crippen MR) is 86.2 cm³/mol. The molecule has 0 saturated heterocycles. The minimum atomic E-state index is 0.416. The molecule has 0 amide bonds. The van der Waals surface area contributed by atoms with E-state index in [1.165, 1.54) is 20.8 Å². The van der Waals surface area contributed by atoms with Crippen LogP contribution in [0.15, 0.2) is 64.5 Å². The van der Waals surface area contributed by atoms with Gasteiger partial charge >= 0.3 is 0 Å². The monoisotopic (exact) mass is 329 g/mol. The number of fused-ring (bicyclic) bond motifs is 3. The molecule has 2 aromatic rings. The van der Waals surface area contributed by atoms with E-state index in [-0.39, 0.29) is 0 Å². The van der Waals surface area contributed by atoms with E-state index in [1.54, 1.807) is 0 Å². The van der Waals surface area contributed by atoms with Crippen LogP contribution >= 0.6 is 27.7 Å². The molecule has 2 aliphatic heterocycles. The first-order chi connectivity index (χ1) is 9.34. The number of nitrogens with zero attached hydrogens (tertiary/aromatic N) is 1. The number of hydrogen-bond acceptors (Lipinski definition) is 2. The summed E-state index contributed by atoms with van der Waals surface area (Å²) in [6.07, 6.45) is 2.32. The van der Waals surface area contributed by atoms with Crippen LogP contribution in [0, 0.1) is 0 Å². The van der Waals surface area contributed by atoms with Crippen molar-refractivity contribution in [2.24, 2.45) is 0 Å². The number of anilines is 2. The maximum Gasteiger partial charge on any atom is 0.0705 e. The summed E-state index contributed by atoms with van der Waals surface area (Å²) >= 11 is 5.56. The van der Waals surface area contributed by atoms with Crippen molar-refractivity contribution in [3.63, 3.8) is 0 Å². The maximum atomic E-state index is 3.64. The predicted octanol–water partition coefficient (Wildman–Crippen LogP) is 5.23. The molecule has 0 bridgehead atoms. The summed E-state index contributed by atoms with van der Waals surface area (Å²) in [4.78, 5) is 2.45. The van der Waals surface area contributed by atoms with Crippen molar-refractivity contribution in [2.45, 2.75) is 11.3 Å². The van der Waals surface area contributed by atoms with Gasteiger partial charge in [-0.05, 0) is 45.8 Å². The molecule has 4 rings (SSSR count). The lowest BCUT2D eigenvalue weighted by atomic mass is 10.1. The van der Waals surface area contributed by atoms with Gasteiger partial charge in [-0.15, -0.1) is 11.8 Å². The number of halogens is 1. The summed E-state index contributed by atoms with van der Waals surface area (Å²) in [6.45, 7) is 0. The van der Waals surface area contributed by atoms with Crippen LogP contribution in [0.25, 0.3) is 0 Å². The third-order valence-corrected chi connectivity index (χ3v) is 5.66. The first kappa shape index (κ1) is 11.6. The number of thioether (sulfide) groups is 1. The Morgan fingerprint density at radius 3 is 2.53 bits per heavy atom. The van der Waals surface area contributed by atoms with Gasteiger partial charge in [0.2, 0.25) is 0 Å². The third kappa shape index (κ3) is 1.76. The summed E-state index contributed by atoms with van der Waals surface area (Å²) in [7, 11) is 0. The van der Waals surface area contributed by atoms with Gasteiger partial charge in [0.25, 0.3) is 0 Å². The summed E-state index contributed by atoms with van der Waals surface area (Å²) in [5.41, 5.74) is 4.04. The third-order valence-electron chi connectivity index (χ3n) is 3.69. The average molecular weight is 330 g/mol. The normalized spacial score (nSPS) is 24.1. The second kappa shape index (κ2) is 4.43. The molecule has 19 heavy (non-hydrogen) atoms. The SMILES string of the molecule is BrC1=CC2C(S1)c1ccccc1N2c1ccccc1. The van der Waals surface area contributed by atoms with Gasteiger partial charge in [-0.2, -0.15) is 0 Å². The van der Waals surface area contributed by atoms with E-state index in [2.05, 4.69) is 81.5 Å². The standard InChI is InChI=1S/C16H12BrNS/c17-15-10-14-16(19-15)12-8-4-5-9-13(12)18(14)11-6-2-1-3-7-11/h1-10,14,16H. The molecule has 0 N–H and O–H groups in total. The largest absolute Gasteiger partial charge is 0.333 e. The van der Waals surface area contributed by atoms with Crippen LogP contribution in [0.5, 0.6) is 0 Å². The van der Waals surface area contributed by atoms with Gasteiger partial charge in [0.05, 0.1) is 11.3 Å². The van der Waals surface area contributed by atoms with Crippen molar-refractivity contribution >= 4 is 39.1 Å². The molecule has 94 valence electrons. The zero-order chi connectivity index (χ0) is 12.8. The highest BCUT2D eigenvalue weighted by Crippen LogP contribution is 2.57. The highest BCUT2D eigenvalue weighted by atomic mass is 79.9. The quantitative estimate of drug-likeness (QED) is 0.704. The molecule has 2 aromatic carbocycles. The van der Waals surface area contributed by atoms with Gasteiger partial charge in [-0.25, -0.2) is 0 Å². The lowest BCUT2D eigenvalue weighted by Gasteiger charge is -2.25. The van der Waals surface area contributed by atoms with Gasteiger partial charge < -0.3 is 4.90 Å². The van der Waals surface area contributed by atoms with Crippen molar-refractivity contribution in [2.75, 3.05) is 4.90 Å². The minimum Gasteiger partial charge on any atom is -0.333 e.